The fourth-order valence-electron chi connectivity index (χ4n) is 1.94. The monoisotopic (exact) mass is 382 g/mol. The van der Waals surface area contributed by atoms with Crippen molar-refractivity contribution < 1.29 is 9.59 Å². The van der Waals surface area contributed by atoms with Crippen LogP contribution in [0.1, 0.15) is 30.1 Å². The van der Waals surface area contributed by atoms with E-state index < -0.39 is 0 Å². The van der Waals surface area contributed by atoms with Crippen molar-refractivity contribution >= 4 is 40.9 Å². The highest BCUT2D eigenvalue weighted by Gasteiger charge is 2.14. The van der Waals surface area contributed by atoms with E-state index in [1.807, 2.05) is 6.92 Å². The van der Waals surface area contributed by atoms with Crippen LogP contribution in [-0.2, 0) is 11.8 Å². The van der Waals surface area contributed by atoms with Crippen LogP contribution in [0.25, 0.3) is 0 Å². The van der Waals surface area contributed by atoms with Crippen molar-refractivity contribution in [2.75, 3.05) is 17.6 Å². The van der Waals surface area contributed by atoms with E-state index in [9.17, 15) is 9.59 Å². The van der Waals surface area contributed by atoms with Crippen LogP contribution in [0, 0.1) is 0 Å². The molecule has 0 atom stereocenters. The molecule has 0 aliphatic carbocycles. The van der Waals surface area contributed by atoms with Gasteiger partial charge in [-0.05, 0) is 35.0 Å². The van der Waals surface area contributed by atoms with Gasteiger partial charge >= 0.3 is 0 Å². The second kappa shape index (κ2) is 9.38. The number of thioether (sulfide) groups is 1. The maximum absolute atomic E-state index is 12.2. The molecule has 0 saturated carbocycles. The largest absolute Gasteiger partial charge is 0.352 e. The molecule has 2 rings (SSSR count). The second-order valence-electron chi connectivity index (χ2n) is 5.18. The fourth-order valence-corrected chi connectivity index (χ4v) is 2.90. The molecule has 1 aromatic carbocycles. The summed E-state index contributed by atoms with van der Waals surface area (Å²) in [5, 5.41) is 17.7. The number of rotatable bonds is 8. The lowest BCUT2D eigenvalue weighted by atomic mass is 10.1. The second-order valence-corrected chi connectivity index (χ2v) is 6.68. The van der Waals surface area contributed by atoms with Gasteiger partial charge in [0.1, 0.15) is 0 Å². The Bertz CT molecular complexity index is 751. The predicted octanol–water partition coefficient (Wildman–Crippen LogP) is 2.12. The molecule has 8 nitrogen and oxygen atoms in total. The van der Waals surface area contributed by atoms with E-state index in [1.165, 1.54) is 16.4 Å². The Labute approximate surface area is 154 Å². The molecule has 0 spiro atoms. The molecule has 0 fully saturated rings. The fraction of sp³-hybridized carbons (Fsp3) is 0.400. The normalized spacial score (nSPS) is 10.5. The van der Waals surface area contributed by atoms with Gasteiger partial charge in [-0.2, -0.15) is 0 Å². The van der Waals surface area contributed by atoms with Gasteiger partial charge in [-0.15, -0.1) is 5.10 Å². The van der Waals surface area contributed by atoms with Crippen LogP contribution in [-0.4, -0.2) is 44.3 Å². The first-order valence-corrected chi connectivity index (χ1v) is 9.10. The third kappa shape index (κ3) is 5.71. The molecule has 0 bridgehead atoms. The number of carbonyl (C=O) groups is 2. The lowest BCUT2D eigenvalue weighted by Gasteiger charge is -2.11. The van der Waals surface area contributed by atoms with Gasteiger partial charge in [0.25, 0.3) is 5.91 Å². The molecule has 10 heteroatoms. The minimum Gasteiger partial charge on any atom is -0.352 e. The summed E-state index contributed by atoms with van der Waals surface area (Å²) in [6.45, 7) is 2.53. The molecular formula is C15H19ClN6O2S. The molecule has 2 N–H and O–H groups in total. The number of hydrogen-bond acceptors (Lipinski definition) is 6. The first-order chi connectivity index (χ1) is 12.0. The number of nitrogens with one attached hydrogen (secondary N) is 2. The van der Waals surface area contributed by atoms with Crippen LogP contribution in [0.3, 0.4) is 0 Å². The number of halogens is 1. The Morgan fingerprint density at radius 3 is 2.84 bits per heavy atom. The number of aromatic nitrogens is 4. The standard InChI is InChI=1S/C15H19ClN6O2S/c1-3-7-17-14(24)11-5-4-10(16)9-12(11)18-13(23)6-8-25-15-19-20-21-22(15)2/h4-5,9H,3,6-8H2,1-2H3,(H,17,24)(H,18,23). The Hall–Kier alpha value is -2.13. The van der Waals surface area contributed by atoms with Gasteiger partial charge < -0.3 is 10.6 Å². The van der Waals surface area contributed by atoms with E-state index in [-0.39, 0.29) is 18.2 Å². The van der Waals surface area contributed by atoms with Gasteiger partial charge in [-0.1, -0.05) is 30.3 Å². The SMILES string of the molecule is CCCNC(=O)c1ccc(Cl)cc1NC(=O)CCSc1nnnn1C. The summed E-state index contributed by atoms with van der Waals surface area (Å²) in [4.78, 5) is 24.4. The molecule has 0 saturated heterocycles. The average Bonchev–Trinajstić information content (AvgIpc) is 2.98. The zero-order valence-corrected chi connectivity index (χ0v) is 15.5. The lowest BCUT2D eigenvalue weighted by molar-refractivity contribution is -0.115. The summed E-state index contributed by atoms with van der Waals surface area (Å²) in [6, 6.07) is 4.79. The van der Waals surface area contributed by atoms with E-state index in [2.05, 4.69) is 26.2 Å². The molecule has 1 heterocycles. The molecular weight excluding hydrogens is 364 g/mol. The van der Waals surface area contributed by atoms with Crippen molar-refractivity contribution in [1.82, 2.24) is 25.5 Å². The topological polar surface area (TPSA) is 102 Å². The van der Waals surface area contributed by atoms with Crippen LogP contribution in [0.2, 0.25) is 5.02 Å². The highest BCUT2D eigenvalue weighted by molar-refractivity contribution is 7.99. The number of tetrazole rings is 1. The zero-order chi connectivity index (χ0) is 18.2. The number of nitrogens with zero attached hydrogens (tertiary/aromatic N) is 4. The Balaban J connectivity index is 1.95. The Morgan fingerprint density at radius 2 is 2.16 bits per heavy atom. The van der Waals surface area contributed by atoms with Crippen molar-refractivity contribution in [3.8, 4) is 0 Å². The Kier molecular flexibility index (Phi) is 7.20. The van der Waals surface area contributed by atoms with Crippen LogP contribution in [0.4, 0.5) is 5.69 Å². The van der Waals surface area contributed by atoms with E-state index in [0.29, 0.717) is 33.7 Å². The van der Waals surface area contributed by atoms with E-state index in [4.69, 9.17) is 11.6 Å². The number of hydrogen-bond donors (Lipinski definition) is 2. The molecule has 0 radical (unpaired) electrons. The highest BCUT2D eigenvalue weighted by Crippen LogP contribution is 2.22. The minimum absolute atomic E-state index is 0.213. The highest BCUT2D eigenvalue weighted by atomic mass is 35.5. The van der Waals surface area contributed by atoms with Crippen molar-refractivity contribution in [2.24, 2.45) is 7.05 Å². The van der Waals surface area contributed by atoms with Crippen LogP contribution in [0.15, 0.2) is 23.4 Å². The summed E-state index contributed by atoms with van der Waals surface area (Å²) < 4.78 is 1.54. The summed E-state index contributed by atoms with van der Waals surface area (Å²) in [5.41, 5.74) is 0.785. The van der Waals surface area contributed by atoms with E-state index in [0.717, 1.165) is 6.42 Å². The van der Waals surface area contributed by atoms with Crippen LogP contribution in [0.5, 0.6) is 0 Å². The summed E-state index contributed by atoms with van der Waals surface area (Å²) in [6.07, 6.45) is 1.08. The van der Waals surface area contributed by atoms with Gasteiger partial charge in [0.2, 0.25) is 11.1 Å². The average molecular weight is 383 g/mol. The molecule has 2 amide bonds. The summed E-state index contributed by atoms with van der Waals surface area (Å²) in [5.74, 6) is 0.0561. The van der Waals surface area contributed by atoms with Gasteiger partial charge in [0.05, 0.1) is 11.3 Å². The van der Waals surface area contributed by atoms with E-state index >= 15 is 0 Å². The Morgan fingerprint density at radius 1 is 1.36 bits per heavy atom. The first-order valence-electron chi connectivity index (χ1n) is 7.74. The minimum atomic E-state index is -0.242. The van der Waals surface area contributed by atoms with Crippen LogP contribution >= 0.6 is 23.4 Å². The van der Waals surface area contributed by atoms with E-state index in [1.54, 1.807) is 25.2 Å². The van der Waals surface area contributed by atoms with Crippen molar-refractivity contribution in [1.29, 1.82) is 0 Å². The molecule has 0 aliphatic rings. The quantitative estimate of drug-likeness (QED) is 0.678. The maximum atomic E-state index is 12.2. The van der Waals surface area contributed by atoms with Gasteiger partial charge in [0.15, 0.2) is 0 Å². The number of aryl methyl sites for hydroxylation is 1. The van der Waals surface area contributed by atoms with Gasteiger partial charge in [0, 0.05) is 30.8 Å². The summed E-state index contributed by atoms with van der Waals surface area (Å²) in [7, 11) is 1.73. The first kappa shape index (κ1) is 19.2. The zero-order valence-electron chi connectivity index (χ0n) is 14.0. The molecule has 0 aliphatic heterocycles. The smallest absolute Gasteiger partial charge is 0.253 e. The van der Waals surface area contributed by atoms with Gasteiger partial charge in [-0.25, -0.2) is 4.68 Å². The van der Waals surface area contributed by atoms with Gasteiger partial charge in [-0.3, -0.25) is 9.59 Å². The number of benzene rings is 1. The van der Waals surface area contributed by atoms with Crippen molar-refractivity contribution in [3.05, 3.63) is 28.8 Å². The van der Waals surface area contributed by atoms with Crippen LogP contribution < -0.4 is 10.6 Å². The maximum Gasteiger partial charge on any atom is 0.253 e. The van der Waals surface area contributed by atoms with Crippen molar-refractivity contribution in [2.45, 2.75) is 24.9 Å². The molecule has 134 valence electrons. The molecule has 25 heavy (non-hydrogen) atoms. The third-order valence-corrected chi connectivity index (χ3v) is 4.42. The number of amides is 2. The van der Waals surface area contributed by atoms with Crippen molar-refractivity contribution in [3.63, 3.8) is 0 Å². The lowest BCUT2D eigenvalue weighted by Crippen LogP contribution is -2.26. The molecule has 1 aromatic heterocycles. The number of anilines is 1. The summed E-state index contributed by atoms with van der Waals surface area (Å²) >= 11 is 7.36. The third-order valence-electron chi connectivity index (χ3n) is 3.18. The number of carbonyl (C=O) groups excluding carboxylic acids is 2. The molecule has 0 unspecified atom stereocenters. The predicted molar refractivity (Wildman–Crippen MR) is 96.8 cm³/mol. The molecule has 2 aromatic rings.